The Morgan fingerprint density at radius 2 is 1.85 bits per heavy atom. The van der Waals surface area contributed by atoms with E-state index >= 15 is 0 Å². The van der Waals surface area contributed by atoms with Crippen molar-refractivity contribution in [1.82, 2.24) is 0 Å². The second-order valence-corrected chi connectivity index (χ2v) is 5.70. The molecule has 0 fully saturated rings. The Morgan fingerprint density at radius 1 is 1.23 bits per heavy atom. The lowest BCUT2D eigenvalue weighted by Gasteiger charge is -2.12. The van der Waals surface area contributed by atoms with Crippen LogP contribution < -0.4 is 0 Å². The molecule has 0 amide bonds. The van der Waals surface area contributed by atoms with Gasteiger partial charge < -0.3 is 10.2 Å². The number of aliphatic hydroxyl groups excluding tert-OH is 1. The summed E-state index contributed by atoms with van der Waals surface area (Å²) in [6.07, 6.45) is 4.62. The molecule has 0 saturated heterocycles. The maximum Gasteiger partial charge on any atom is 0.271 e. The van der Waals surface area contributed by atoms with E-state index in [1.807, 2.05) is 0 Å². The molecule has 0 spiro atoms. The molecule has 13 heavy (non-hydrogen) atoms. The maximum atomic E-state index is 8.60. The summed E-state index contributed by atoms with van der Waals surface area (Å²) in [7, 11) is 0. The first kappa shape index (κ1) is 13.8. The number of aliphatic hydroxyl groups is 2. The Morgan fingerprint density at radius 3 is 2.31 bits per heavy atom. The van der Waals surface area contributed by atoms with Gasteiger partial charge in [-0.3, -0.25) is 0 Å². The molecule has 0 aromatic carbocycles. The first-order valence-corrected chi connectivity index (χ1v) is 6.97. The van der Waals surface area contributed by atoms with Crippen LogP contribution in [0, 0.1) is 0 Å². The van der Waals surface area contributed by atoms with Crippen molar-refractivity contribution in [3.63, 3.8) is 0 Å². The number of unbranched alkanes of at least 4 members (excludes halogenated alkanes) is 1. The highest BCUT2D eigenvalue weighted by molar-refractivity contribution is 9.12. The number of hydrogen-bond acceptors (Lipinski definition) is 2. The fraction of sp³-hybridized carbons (Fsp3) is 0.750. The minimum Gasteiger partial charge on any atom is -0.481 e. The second kappa shape index (κ2) is 8.12. The molecule has 0 aliphatic rings. The van der Waals surface area contributed by atoms with Crippen molar-refractivity contribution in [3.8, 4) is 0 Å². The van der Waals surface area contributed by atoms with Crippen LogP contribution in [0.3, 0.4) is 0 Å². The van der Waals surface area contributed by atoms with E-state index in [1.165, 1.54) is 6.08 Å². The third-order valence-electron chi connectivity index (χ3n) is 1.52. The van der Waals surface area contributed by atoms with Crippen LogP contribution >= 0.6 is 47.8 Å². The van der Waals surface area contributed by atoms with Gasteiger partial charge in [0.2, 0.25) is 0 Å². The normalized spacial score (nSPS) is 15.0. The van der Waals surface area contributed by atoms with Gasteiger partial charge in [0.25, 0.3) is 5.95 Å². The zero-order valence-electron chi connectivity index (χ0n) is 7.09. The molecule has 2 atom stereocenters. The smallest absolute Gasteiger partial charge is 0.271 e. The quantitative estimate of drug-likeness (QED) is 0.415. The lowest BCUT2D eigenvalue weighted by molar-refractivity contribution is 0.189. The van der Waals surface area contributed by atoms with Crippen LogP contribution in [0.1, 0.15) is 19.3 Å². The monoisotopic (exact) mass is 378 g/mol. The van der Waals surface area contributed by atoms with Crippen molar-refractivity contribution >= 4 is 47.8 Å². The average molecular weight is 381 g/mol. The van der Waals surface area contributed by atoms with E-state index in [-0.39, 0.29) is 9.65 Å². The highest BCUT2D eigenvalue weighted by Crippen LogP contribution is 2.21. The molecular weight excluding hydrogens is 368 g/mol. The molecule has 0 saturated carbocycles. The van der Waals surface area contributed by atoms with Crippen molar-refractivity contribution in [2.45, 2.75) is 28.9 Å². The third-order valence-corrected chi connectivity index (χ3v) is 4.72. The molecule has 78 valence electrons. The fourth-order valence-corrected chi connectivity index (χ4v) is 2.21. The zero-order valence-corrected chi connectivity index (χ0v) is 11.8. The topological polar surface area (TPSA) is 40.5 Å². The van der Waals surface area contributed by atoms with Gasteiger partial charge in [-0.15, -0.1) is 0 Å². The number of allylic oxidation sites excluding steroid dienone is 1. The second-order valence-electron chi connectivity index (χ2n) is 2.67. The lowest BCUT2D eigenvalue weighted by atomic mass is 10.1. The van der Waals surface area contributed by atoms with Crippen LogP contribution in [-0.2, 0) is 0 Å². The number of halogens is 3. The first-order valence-electron chi connectivity index (χ1n) is 4.01. The summed E-state index contributed by atoms with van der Waals surface area (Å²) in [4.78, 5) is 0.202. The zero-order chi connectivity index (χ0) is 10.3. The summed E-state index contributed by atoms with van der Waals surface area (Å²) in [5.41, 5.74) is 0. The van der Waals surface area contributed by atoms with Gasteiger partial charge in [0.05, 0.1) is 4.83 Å². The summed E-state index contributed by atoms with van der Waals surface area (Å²) in [5, 5.41) is 18.2. The molecule has 0 radical (unpaired) electrons. The van der Waals surface area contributed by atoms with E-state index in [9.17, 15) is 0 Å². The van der Waals surface area contributed by atoms with Crippen LogP contribution in [0.4, 0.5) is 0 Å². The Hall–Kier alpha value is 0.780. The largest absolute Gasteiger partial charge is 0.481 e. The Bertz CT molecular complexity index is 157. The number of hydrogen-bond donors (Lipinski definition) is 2. The Kier molecular flexibility index (Phi) is 8.61. The summed E-state index contributed by atoms with van der Waals surface area (Å²) < 4.78 is 0. The molecule has 0 heterocycles. The van der Waals surface area contributed by atoms with E-state index in [2.05, 4.69) is 47.8 Å². The predicted octanol–water partition coefficient (Wildman–Crippen LogP) is 4.04. The summed E-state index contributed by atoms with van der Waals surface area (Å²) in [6.45, 7) is 0. The Labute approximate surface area is 104 Å². The van der Waals surface area contributed by atoms with E-state index in [4.69, 9.17) is 10.2 Å². The van der Waals surface area contributed by atoms with Crippen molar-refractivity contribution in [2.24, 2.45) is 0 Å². The van der Waals surface area contributed by atoms with Gasteiger partial charge >= 0.3 is 0 Å². The van der Waals surface area contributed by atoms with Gasteiger partial charge in [0, 0.05) is 16.2 Å². The minimum atomic E-state index is -0.633. The molecule has 0 bridgehead atoms. The molecular formula is C8H13Br3O2. The van der Waals surface area contributed by atoms with Crippen molar-refractivity contribution in [2.75, 3.05) is 5.33 Å². The standard InChI is InChI=1S/C8H13Br3O2/c9-4-2-1-3-6(10)7(11)5-8(12)13/h5-7,12-13H,1-4H2. The predicted molar refractivity (Wildman–Crippen MR) is 66.4 cm³/mol. The molecule has 2 N–H and O–H groups in total. The van der Waals surface area contributed by atoms with Crippen LogP contribution in [0.15, 0.2) is 12.0 Å². The minimum absolute atomic E-state index is 0.0344. The first-order chi connectivity index (χ1) is 6.07. The van der Waals surface area contributed by atoms with Gasteiger partial charge in [-0.25, -0.2) is 0 Å². The molecule has 5 heteroatoms. The van der Waals surface area contributed by atoms with E-state index < -0.39 is 5.95 Å². The molecule has 0 aromatic heterocycles. The Balaban J connectivity index is 3.69. The van der Waals surface area contributed by atoms with Crippen LogP contribution in [0.5, 0.6) is 0 Å². The fourth-order valence-electron chi connectivity index (χ4n) is 0.840. The third kappa shape index (κ3) is 7.82. The van der Waals surface area contributed by atoms with E-state index in [1.54, 1.807) is 0 Å². The van der Waals surface area contributed by atoms with Gasteiger partial charge in [-0.05, 0) is 12.8 Å². The summed E-state index contributed by atoms with van der Waals surface area (Å²) >= 11 is 10.2. The average Bonchev–Trinajstić information content (AvgIpc) is 2.03. The van der Waals surface area contributed by atoms with Crippen molar-refractivity contribution < 1.29 is 10.2 Å². The van der Waals surface area contributed by atoms with Gasteiger partial charge in [0.1, 0.15) is 0 Å². The van der Waals surface area contributed by atoms with Gasteiger partial charge in [0.15, 0.2) is 0 Å². The van der Waals surface area contributed by atoms with Crippen molar-refractivity contribution in [3.05, 3.63) is 12.0 Å². The van der Waals surface area contributed by atoms with Crippen LogP contribution in [-0.4, -0.2) is 25.2 Å². The van der Waals surface area contributed by atoms with E-state index in [0.717, 1.165) is 24.6 Å². The molecule has 0 aliphatic heterocycles. The summed E-state index contributed by atoms with van der Waals surface area (Å²) in [6, 6.07) is 0. The summed E-state index contributed by atoms with van der Waals surface area (Å²) in [5.74, 6) is -0.633. The van der Waals surface area contributed by atoms with E-state index in [0.29, 0.717) is 0 Å². The lowest BCUT2D eigenvalue weighted by Crippen LogP contribution is -2.12. The molecule has 2 unspecified atom stereocenters. The molecule has 0 rings (SSSR count). The van der Waals surface area contributed by atoms with Crippen LogP contribution in [0.25, 0.3) is 0 Å². The van der Waals surface area contributed by atoms with Gasteiger partial charge in [-0.2, -0.15) is 0 Å². The number of alkyl halides is 3. The maximum absolute atomic E-state index is 8.60. The highest BCUT2D eigenvalue weighted by atomic mass is 79.9. The molecule has 0 aromatic rings. The SMILES string of the molecule is OC(O)=CC(Br)C(Br)CCCCBr. The highest BCUT2D eigenvalue weighted by Gasteiger charge is 2.13. The van der Waals surface area contributed by atoms with Crippen LogP contribution in [0.2, 0.25) is 0 Å². The number of rotatable bonds is 6. The van der Waals surface area contributed by atoms with Gasteiger partial charge in [-0.1, -0.05) is 54.2 Å². The molecule has 2 nitrogen and oxygen atoms in total. The molecule has 0 aliphatic carbocycles. The van der Waals surface area contributed by atoms with Crippen molar-refractivity contribution in [1.29, 1.82) is 0 Å².